The van der Waals surface area contributed by atoms with Crippen LogP contribution in [0.1, 0.15) is 15.9 Å². The number of nitrogen functional groups attached to an aromatic ring is 1. The molecular weight excluding hydrogens is 489 g/mol. The summed E-state index contributed by atoms with van der Waals surface area (Å²) in [6.07, 6.45) is 6.64. The molecule has 0 saturated carbocycles. The van der Waals surface area contributed by atoms with Gasteiger partial charge in [0.25, 0.3) is 5.91 Å². The van der Waals surface area contributed by atoms with Gasteiger partial charge in [-0.15, -0.1) is 5.10 Å². The number of fused-ring (bicyclic) bond motifs is 2. The molecule has 38 heavy (non-hydrogen) atoms. The fourth-order valence-electron chi connectivity index (χ4n) is 4.21. The summed E-state index contributed by atoms with van der Waals surface area (Å²) in [5.41, 5.74) is 10.6. The van der Waals surface area contributed by atoms with Crippen LogP contribution in [0.3, 0.4) is 0 Å². The molecule has 12 heteroatoms. The Bertz CT molecular complexity index is 1780. The summed E-state index contributed by atoms with van der Waals surface area (Å²) < 4.78 is 20.4. The molecule has 0 spiro atoms. The number of halogens is 1. The third kappa shape index (κ3) is 4.03. The van der Waals surface area contributed by atoms with Crippen LogP contribution in [0.4, 0.5) is 10.2 Å². The van der Waals surface area contributed by atoms with Crippen molar-refractivity contribution in [3.8, 4) is 28.4 Å². The smallest absolute Gasteiger partial charge is 0.255 e. The Morgan fingerprint density at radius 3 is 2.82 bits per heavy atom. The van der Waals surface area contributed by atoms with Crippen molar-refractivity contribution in [3.63, 3.8) is 0 Å². The first-order valence-electron chi connectivity index (χ1n) is 11.5. The van der Waals surface area contributed by atoms with Crippen molar-refractivity contribution >= 4 is 28.3 Å². The molecule has 4 aromatic heterocycles. The van der Waals surface area contributed by atoms with E-state index in [1.807, 2.05) is 24.3 Å². The van der Waals surface area contributed by atoms with Crippen molar-refractivity contribution in [3.05, 3.63) is 84.2 Å². The van der Waals surface area contributed by atoms with Gasteiger partial charge in [-0.2, -0.15) is 5.10 Å². The van der Waals surface area contributed by atoms with Crippen LogP contribution in [0.15, 0.2) is 67.3 Å². The van der Waals surface area contributed by atoms with Crippen LogP contribution in [0.25, 0.3) is 39.2 Å². The van der Waals surface area contributed by atoms with E-state index in [0.29, 0.717) is 45.2 Å². The van der Waals surface area contributed by atoms with Gasteiger partial charge in [0.05, 0.1) is 41.0 Å². The lowest BCUT2D eigenvalue weighted by molar-refractivity contribution is 0.0947. The van der Waals surface area contributed by atoms with E-state index in [1.165, 1.54) is 19.2 Å². The Kier molecular flexibility index (Phi) is 5.60. The minimum absolute atomic E-state index is 0.127. The number of pyridine rings is 1. The zero-order chi connectivity index (χ0) is 26.2. The van der Waals surface area contributed by atoms with Crippen LogP contribution >= 0.6 is 0 Å². The van der Waals surface area contributed by atoms with Gasteiger partial charge in [0.15, 0.2) is 17.3 Å². The van der Waals surface area contributed by atoms with Crippen LogP contribution in [0.2, 0.25) is 0 Å². The van der Waals surface area contributed by atoms with Crippen molar-refractivity contribution in [2.75, 3.05) is 12.8 Å². The van der Waals surface area contributed by atoms with Crippen LogP contribution in [0, 0.1) is 5.82 Å². The van der Waals surface area contributed by atoms with Gasteiger partial charge in [-0.3, -0.25) is 19.9 Å². The second-order valence-corrected chi connectivity index (χ2v) is 8.42. The summed E-state index contributed by atoms with van der Waals surface area (Å²) in [4.78, 5) is 25.9. The molecule has 4 heterocycles. The lowest BCUT2D eigenvalue weighted by Crippen LogP contribution is -2.23. The van der Waals surface area contributed by atoms with E-state index in [9.17, 15) is 9.18 Å². The highest BCUT2D eigenvalue weighted by Gasteiger charge is 2.19. The SMILES string of the molecule is COc1ccc(F)cc1C(=O)NCc1ccc(-c2ncc(-c3nc4cnccn4n3)c3[nH]nc(N)c23)cc1. The summed E-state index contributed by atoms with van der Waals surface area (Å²) >= 11 is 0. The van der Waals surface area contributed by atoms with Gasteiger partial charge in [0.1, 0.15) is 11.6 Å². The predicted molar refractivity (Wildman–Crippen MR) is 138 cm³/mol. The summed E-state index contributed by atoms with van der Waals surface area (Å²) in [5, 5.41) is 15.1. The number of hydrogen-bond acceptors (Lipinski definition) is 8. The maximum Gasteiger partial charge on any atom is 0.255 e. The number of carbonyl (C=O) groups is 1. The zero-order valence-electron chi connectivity index (χ0n) is 20.0. The quantitative estimate of drug-likeness (QED) is 0.309. The van der Waals surface area contributed by atoms with Crippen LogP contribution in [-0.2, 0) is 6.54 Å². The second-order valence-electron chi connectivity index (χ2n) is 8.42. The molecule has 0 aliphatic rings. The number of ether oxygens (including phenoxy) is 1. The van der Waals surface area contributed by atoms with E-state index >= 15 is 0 Å². The Labute approximate surface area is 214 Å². The van der Waals surface area contributed by atoms with Crippen LogP contribution < -0.4 is 15.8 Å². The highest BCUT2D eigenvalue weighted by atomic mass is 19.1. The molecule has 11 nitrogen and oxygen atoms in total. The zero-order valence-corrected chi connectivity index (χ0v) is 20.0. The highest BCUT2D eigenvalue weighted by molar-refractivity contribution is 6.05. The van der Waals surface area contributed by atoms with Gasteiger partial charge in [0.2, 0.25) is 0 Å². The largest absolute Gasteiger partial charge is 0.496 e. The molecule has 0 unspecified atom stereocenters. The van der Waals surface area contributed by atoms with Gasteiger partial charge in [-0.25, -0.2) is 13.9 Å². The molecule has 4 N–H and O–H groups in total. The van der Waals surface area contributed by atoms with E-state index in [2.05, 4.69) is 35.6 Å². The van der Waals surface area contributed by atoms with E-state index in [1.54, 1.807) is 29.3 Å². The van der Waals surface area contributed by atoms with E-state index < -0.39 is 11.7 Å². The summed E-state index contributed by atoms with van der Waals surface area (Å²) in [7, 11) is 1.43. The third-order valence-corrected chi connectivity index (χ3v) is 6.09. The molecule has 0 atom stereocenters. The number of H-pyrrole nitrogens is 1. The molecule has 0 fully saturated rings. The minimum Gasteiger partial charge on any atom is -0.496 e. The first-order valence-corrected chi connectivity index (χ1v) is 11.5. The van der Waals surface area contributed by atoms with E-state index in [-0.39, 0.29) is 12.1 Å². The molecule has 6 aromatic rings. The Hall–Kier alpha value is -5.39. The molecule has 1 amide bonds. The number of nitrogens with two attached hydrogens (primary N) is 1. The topological polar surface area (TPSA) is 149 Å². The molecule has 188 valence electrons. The summed E-state index contributed by atoms with van der Waals surface area (Å²) in [5.74, 6) is 0.109. The Morgan fingerprint density at radius 2 is 2.03 bits per heavy atom. The number of methoxy groups -OCH3 is 1. The lowest BCUT2D eigenvalue weighted by Gasteiger charge is -2.10. The van der Waals surface area contributed by atoms with Gasteiger partial charge in [-0.1, -0.05) is 24.3 Å². The number of amides is 1. The first-order chi connectivity index (χ1) is 18.5. The number of aromatic nitrogens is 7. The predicted octanol–water partition coefficient (Wildman–Crippen LogP) is 3.39. The number of nitrogens with zero attached hydrogens (tertiary/aromatic N) is 6. The molecule has 0 aliphatic heterocycles. The molecule has 6 rings (SSSR count). The lowest BCUT2D eigenvalue weighted by atomic mass is 10.0. The van der Waals surface area contributed by atoms with Gasteiger partial charge < -0.3 is 15.8 Å². The molecule has 2 aromatic carbocycles. The normalized spacial score (nSPS) is 11.2. The molecule has 0 saturated heterocycles. The molecule has 0 bridgehead atoms. The highest BCUT2D eigenvalue weighted by Crippen LogP contribution is 2.34. The maximum atomic E-state index is 13.6. The number of rotatable bonds is 6. The third-order valence-electron chi connectivity index (χ3n) is 6.09. The Morgan fingerprint density at radius 1 is 1.18 bits per heavy atom. The fraction of sp³-hybridized carbons (Fsp3) is 0.0769. The van der Waals surface area contributed by atoms with Crippen molar-refractivity contribution in [2.24, 2.45) is 0 Å². The van der Waals surface area contributed by atoms with Crippen LogP contribution in [0.5, 0.6) is 5.75 Å². The fourth-order valence-corrected chi connectivity index (χ4v) is 4.21. The number of carbonyl (C=O) groups excluding carboxylic acids is 1. The average molecular weight is 510 g/mol. The van der Waals surface area contributed by atoms with Crippen molar-refractivity contribution in [2.45, 2.75) is 6.54 Å². The molecule has 0 aliphatic carbocycles. The van der Waals surface area contributed by atoms with E-state index in [0.717, 1.165) is 17.2 Å². The summed E-state index contributed by atoms with van der Waals surface area (Å²) in [6, 6.07) is 11.3. The number of benzene rings is 2. The van der Waals surface area contributed by atoms with Gasteiger partial charge in [0, 0.05) is 30.7 Å². The monoisotopic (exact) mass is 509 g/mol. The van der Waals surface area contributed by atoms with Crippen molar-refractivity contribution < 1.29 is 13.9 Å². The van der Waals surface area contributed by atoms with E-state index in [4.69, 9.17) is 10.5 Å². The maximum absolute atomic E-state index is 13.6. The summed E-state index contributed by atoms with van der Waals surface area (Å²) in [6.45, 7) is 0.239. The molecule has 0 radical (unpaired) electrons. The van der Waals surface area contributed by atoms with Crippen LogP contribution in [-0.4, -0.2) is 47.8 Å². The van der Waals surface area contributed by atoms with Gasteiger partial charge >= 0.3 is 0 Å². The molecular formula is C26H20FN9O2. The number of anilines is 1. The number of nitrogens with one attached hydrogen (secondary N) is 2. The standard InChI is InChI=1S/C26H20FN9O2/c1-38-19-7-6-16(27)10-17(19)26(37)31-11-14-2-4-15(5-3-14)22-21-23(33-34-24(21)28)18(12-30-22)25-32-20-13-29-8-9-36(20)35-25/h2-10,12-13H,11H2,1H3,(H,31,37)(H3,28,33,34). The van der Waals surface area contributed by atoms with Gasteiger partial charge in [-0.05, 0) is 23.8 Å². The average Bonchev–Trinajstić information content (AvgIpc) is 3.55. The Balaban J connectivity index is 1.27. The number of hydrogen-bond donors (Lipinski definition) is 3. The second kappa shape index (κ2) is 9.24. The first kappa shape index (κ1) is 23.0. The minimum atomic E-state index is -0.516. The van der Waals surface area contributed by atoms with Crippen molar-refractivity contribution in [1.29, 1.82) is 0 Å². The number of aromatic amines is 1. The van der Waals surface area contributed by atoms with Crippen molar-refractivity contribution in [1.82, 2.24) is 40.1 Å².